The maximum Gasteiger partial charge on any atom is 0.165 e. The number of hydrogen-bond acceptors (Lipinski definition) is 4. The molecule has 1 saturated heterocycles. The summed E-state index contributed by atoms with van der Waals surface area (Å²) in [6.45, 7) is 5.33. The van der Waals surface area contributed by atoms with Crippen molar-refractivity contribution in [1.82, 2.24) is 0 Å². The molecule has 0 aromatic rings. The lowest BCUT2D eigenvalue weighted by Crippen LogP contribution is -2.50. The number of aliphatic hydroxyl groups is 3. The zero-order valence-electron chi connectivity index (χ0n) is 9.68. The van der Waals surface area contributed by atoms with Crippen LogP contribution in [0.25, 0.3) is 0 Å². The molecule has 15 heavy (non-hydrogen) atoms. The summed E-state index contributed by atoms with van der Waals surface area (Å²) in [7, 11) is 0. The fraction of sp³-hybridized carbons (Fsp3) is 1.00. The third-order valence-corrected chi connectivity index (χ3v) is 3.16. The molecule has 0 spiro atoms. The quantitative estimate of drug-likeness (QED) is 0.650. The lowest BCUT2D eigenvalue weighted by molar-refractivity contribution is -0.281. The number of aliphatic hydroxyl groups excluding tert-OH is 2. The van der Waals surface area contributed by atoms with Crippen molar-refractivity contribution in [1.29, 1.82) is 0 Å². The molecule has 1 heterocycles. The molecular weight excluding hydrogens is 196 g/mol. The number of hydrogen-bond donors (Lipinski definition) is 3. The summed E-state index contributed by atoms with van der Waals surface area (Å²) in [5, 5.41) is 29.0. The van der Waals surface area contributed by atoms with E-state index in [1.165, 1.54) is 0 Å². The first-order valence-corrected chi connectivity index (χ1v) is 5.62. The van der Waals surface area contributed by atoms with Gasteiger partial charge in [-0.2, -0.15) is 0 Å². The van der Waals surface area contributed by atoms with E-state index >= 15 is 0 Å². The van der Waals surface area contributed by atoms with Crippen molar-refractivity contribution in [2.75, 3.05) is 0 Å². The van der Waals surface area contributed by atoms with Crippen molar-refractivity contribution < 1.29 is 20.1 Å². The molecule has 0 saturated carbocycles. The molecule has 3 N–H and O–H groups in total. The van der Waals surface area contributed by atoms with Crippen LogP contribution in [0.5, 0.6) is 0 Å². The van der Waals surface area contributed by atoms with Crippen LogP contribution in [0, 0.1) is 5.92 Å². The third-order valence-electron chi connectivity index (χ3n) is 3.16. The minimum absolute atomic E-state index is 0.0496. The van der Waals surface area contributed by atoms with Gasteiger partial charge in [0.1, 0.15) is 0 Å². The van der Waals surface area contributed by atoms with Crippen LogP contribution < -0.4 is 0 Å². The molecule has 4 heteroatoms. The Hall–Kier alpha value is -0.160. The van der Waals surface area contributed by atoms with Gasteiger partial charge in [0.25, 0.3) is 0 Å². The summed E-state index contributed by atoms with van der Waals surface area (Å²) in [6, 6.07) is 0. The second-order valence-electron chi connectivity index (χ2n) is 4.76. The van der Waals surface area contributed by atoms with Gasteiger partial charge in [0.2, 0.25) is 0 Å². The van der Waals surface area contributed by atoms with E-state index in [1.54, 1.807) is 6.92 Å². The van der Waals surface area contributed by atoms with Gasteiger partial charge in [-0.15, -0.1) is 0 Å². The predicted molar refractivity (Wildman–Crippen MR) is 56.2 cm³/mol. The van der Waals surface area contributed by atoms with Gasteiger partial charge in [-0.25, -0.2) is 0 Å². The maximum absolute atomic E-state index is 9.75. The van der Waals surface area contributed by atoms with Gasteiger partial charge in [-0.05, 0) is 19.8 Å². The lowest BCUT2D eigenvalue weighted by atomic mass is 9.86. The van der Waals surface area contributed by atoms with Gasteiger partial charge in [-0.1, -0.05) is 13.8 Å². The highest BCUT2D eigenvalue weighted by molar-refractivity contribution is 4.85. The first-order chi connectivity index (χ1) is 6.85. The van der Waals surface area contributed by atoms with Crippen molar-refractivity contribution in [2.24, 2.45) is 5.92 Å². The van der Waals surface area contributed by atoms with Gasteiger partial charge in [0.05, 0.1) is 18.3 Å². The van der Waals surface area contributed by atoms with E-state index in [0.29, 0.717) is 12.8 Å². The second kappa shape index (κ2) is 4.78. The van der Waals surface area contributed by atoms with Crippen LogP contribution in [-0.2, 0) is 4.74 Å². The van der Waals surface area contributed by atoms with Crippen LogP contribution in [0.4, 0.5) is 0 Å². The van der Waals surface area contributed by atoms with E-state index < -0.39 is 18.0 Å². The Labute approximate surface area is 90.9 Å². The molecule has 0 amide bonds. The fourth-order valence-corrected chi connectivity index (χ4v) is 2.00. The molecule has 0 radical (unpaired) electrons. The summed E-state index contributed by atoms with van der Waals surface area (Å²) < 4.78 is 5.46. The average molecular weight is 218 g/mol. The lowest BCUT2D eigenvalue weighted by Gasteiger charge is -2.42. The zero-order valence-corrected chi connectivity index (χ0v) is 9.68. The van der Waals surface area contributed by atoms with E-state index in [0.717, 1.165) is 0 Å². The summed E-state index contributed by atoms with van der Waals surface area (Å²) >= 11 is 0. The second-order valence-corrected chi connectivity index (χ2v) is 4.76. The molecule has 0 aromatic carbocycles. The van der Waals surface area contributed by atoms with Gasteiger partial charge >= 0.3 is 0 Å². The molecule has 2 unspecified atom stereocenters. The van der Waals surface area contributed by atoms with E-state index in [-0.39, 0.29) is 18.4 Å². The minimum Gasteiger partial charge on any atom is -0.393 e. The summed E-state index contributed by atoms with van der Waals surface area (Å²) in [6.07, 6.45) is 0.0721. The molecule has 1 fully saturated rings. The Morgan fingerprint density at radius 2 is 2.13 bits per heavy atom. The minimum atomic E-state index is -1.27. The third kappa shape index (κ3) is 3.41. The van der Waals surface area contributed by atoms with Crippen molar-refractivity contribution in [3.8, 4) is 0 Å². The highest BCUT2D eigenvalue weighted by Gasteiger charge is 2.41. The van der Waals surface area contributed by atoms with Crippen LogP contribution in [0.2, 0.25) is 0 Å². The Kier molecular flexibility index (Phi) is 4.12. The fourth-order valence-electron chi connectivity index (χ4n) is 2.00. The van der Waals surface area contributed by atoms with Crippen LogP contribution in [0.1, 0.15) is 40.0 Å². The van der Waals surface area contributed by atoms with Gasteiger partial charge in [0, 0.05) is 12.3 Å². The van der Waals surface area contributed by atoms with Crippen LogP contribution >= 0.6 is 0 Å². The van der Waals surface area contributed by atoms with Gasteiger partial charge in [0.15, 0.2) is 5.79 Å². The van der Waals surface area contributed by atoms with E-state index in [2.05, 4.69) is 0 Å². The SMILES string of the molecule is CC[C@@H](O)CC1O[C@](C)(O)CC(O)[C@H]1C. The molecule has 0 aliphatic carbocycles. The summed E-state index contributed by atoms with van der Waals surface area (Å²) in [4.78, 5) is 0. The van der Waals surface area contributed by atoms with Crippen molar-refractivity contribution in [3.63, 3.8) is 0 Å². The molecule has 90 valence electrons. The Morgan fingerprint density at radius 1 is 1.53 bits per heavy atom. The Bertz CT molecular complexity index is 205. The molecular formula is C11H22O4. The van der Waals surface area contributed by atoms with E-state index in [1.807, 2.05) is 13.8 Å². The molecule has 4 nitrogen and oxygen atoms in total. The van der Waals surface area contributed by atoms with Gasteiger partial charge in [-0.3, -0.25) is 0 Å². The largest absolute Gasteiger partial charge is 0.393 e. The highest BCUT2D eigenvalue weighted by atomic mass is 16.6. The maximum atomic E-state index is 9.75. The van der Waals surface area contributed by atoms with E-state index in [4.69, 9.17) is 4.74 Å². The van der Waals surface area contributed by atoms with E-state index in [9.17, 15) is 15.3 Å². The van der Waals surface area contributed by atoms with Crippen LogP contribution in [-0.4, -0.2) is 39.4 Å². The predicted octanol–water partition coefficient (Wildman–Crippen LogP) is 0.642. The molecule has 1 aliphatic rings. The zero-order chi connectivity index (χ0) is 11.6. The first kappa shape index (κ1) is 12.9. The normalized spacial score (nSPS) is 44.0. The molecule has 5 atom stereocenters. The molecule has 1 aliphatic heterocycles. The number of rotatable bonds is 3. The monoisotopic (exact) mass is 218 g/mol. The van der Waals surface area contributed by atoms with Crippen LogP contribution in [0.3, 0.4) is 0 Å². The van der Waals surface area contributed by atoms with Crippen LogP contribution in [0.15, 0.2) is 0 Å². The van der Waals surface area contributed by atoms with Crippen molar-refractivity contribution in [3.05, 3.63) is 0 Å². The highest BCUT2D eigenvalue weighted by Crippen LogP contribution is 2.33. The smallest absolute Gasteiger partial charge is 0.165 e. The topological polar surface area (TPSA) is 69.9 Å². The van der Waals surface area contributed by atoms with Crippen molar-refractivity contribution in [2.45, 2.75) is 64.1 Å². The molecule has 1 rings (SSSR count). The summed E-state index contributed by atoms with van der Waals surface area (Å²) in [5.41, 5.74) is 0. The molecule has 0 bridgehead atoms. The number of ether oxygens (including phenoxy) is 1. The Balaban J connectivity index is 2.61. The first-order valence-electron chi connectivity index (χ1n) is 5.62. The summed E-state index contributed by atoms with van der Waals surface area (Å²) in [5.74, 6) is -1.32. The average Bonchev–Trinajstić information content (AvgIpc) is 2.12. The van der Waals surface area contributed by atoms with Gasteiger partial charge < -0.3 is 20.1 Å². The standard InChI is InChI=1S/C11H22O4/c1-4-8(12)5-10-7(2)9(13)6-11(3,14)15-10/h7-10,12-14H,4-6H2,1-3H3/t7-,8-,9?,10?,11+/m1/s1. The molecule has 0 aromatic heterocycles. The Morgan fingerprint density at radius 3 is 2.67 bits per heavy atom. The van der Waals surface area contributed by atoms with Crippen molar-refractivity contribution >= 4 is 0 Å².